The summed E-state index contributed by atoms with van der Waals surface area (Å²) in [6.07, 6.45) is 0. The minimum atomic E-state index is -0.804. The van der Waals surface area contributed by atoms with Gasteiger partial charge in [0.1, 0.15) is 0 Å². The van der Waals surface area contributed by atoms with Gasteiger partial charge in [-0.25, -0.2) is 0 Å². The van der Waals surface area contributed by atoms with Crippen LogP contribution in [0.5, 0.6) is 0 Å². The van der Waals surface area contributed by atoms with E-state index in [-0.39, 0.29) is 4.83 Å². The SMILES string of the molecule is CC(Br)c1ccc(F)c([N+](=O)[O-])c1. The lowest BCUT2D eigenvalue weighted by Crippen LogP contribution is -1.94. The first-order chi connectivity index (χ1) is 6.02. The maximum Gasteiger partial charge on any atom is 0.305 e. The van der Waals surface area contributed by atoms with E-state index in [2.05, 4.69) is 15.9 Å². The molecule has 1 rings (SSSR count). The van der Waals surface area contributed by atoms with E-state index in [1.54, 1.807) is 0 Å². The summed E-state index contributed by atoms with van der Waals surface area (Å²) in [5.41, 5.74) is 0.205. The number of hydrogen-bond donors (Lipinski definition) is 0. The van der Waals surface area contributed by atoms with Crippen molar-refractivity contribution in [1.29, 1.82) is 0 Å². The van der Waals surface area contributed by atoms with Gasteiger partial charge in [-0.1, -0.05) is 22.0 Å². The summed E-state index contributed by atoms with van der Waals surface area (Å²) in [5.74, 6) is -0.804. The number of nitro benzene ring substituents is 1. The van der Waals surface area contributed by atoms with E-state index in [1.807, 2.05) is 6.92 Å². The highest BCUT2D eigenvalue weighted by Gasteiger charge is 2.15. The zero-order valence-electron chi connectivity index (χ0n) is 6.83. The Bertz CT molecular complexity index is 341. The fraction of sp³-hybridized carbons (Fsp3) is 0.250. The van der Waals surface area contributed by atoms with E-state index in [0.717, 1.165) is 6.07 Å². The van der Waals surface area contributed by atoms with Crippen molar-refractivity contribution in [1.82, 2.24) is 0 Å². The van der Waals surface area contributed by atoms with Gasteiger partial charge in [0, 0.05) is 10.9 Å². The van der Waals surface area contributed by atoms with Gasteiger partial charge in [-0.05, 0) is 18.6 Å². The van der Waals surface area contributed by atoms with Crippen molar-refractivity contribution in [2.45, 2.75) is 11.8 Å². The van der Waals surface area contributed by atoms with Gasteiger partial charge in [0.2, 0.25) is 5.82 Å². The topological polar surface area (TPSA) is 43.1 Å². The van der Waals surface area contributed by atoms with Gasteiger partial charge < -0.3 is 0 Å². The standard InChI is InChI=1S/C8H7BrFNO2/c1-5(9)6-2-3-7(10)8(4-6)11(12)13/h2-5H,1H3. The number of alkyl halides is 1. The molecule has 0 aliphatic carbocycles. The molecule has 0 aromatic heterocycles. The van der Waals surface area contributed by atoms with E-state index in [4.69, 9.17) is 0 Å². The van der Waals surface area contributed by atoms with Crippen LogP contribution in [-0.2, 0) is 0 Å². The summed E-state index contributed by atoms with van der Waals surface area (Å²) in [6.45, 7) is 1.82. The van der Waals surface area contributed by atoms with Crippen LogP contribution in [0.15, 0.2) is 18.2 Å². The second-order valence-corrected chi connectivity index (χ2v) is 3.96. The number of rotatable bonds is 2. The van der Waals surface area contributed by atoms with Crippen molar-refractivity contribution in [3.8, 4) is 0 Å². The Hall–Kier alpha value is -0.970. The van der Waals surface area contributed by atoms with Crippen LogP contribution in [0, 0.1) is 15.9 Å². The van der Waals surface area contributed by atoms with Gasteiger partial charge in [0.05, 0.1) is 4.92 Å². The molecule has 1 unspecified atom stereocenters. The van der Waals surface area contributed by atoms with Crippen LogP contribution in [-0.4, -0.2) is 4.92 Å². The zero-order valence-corrected chi connectivity index (χ0v) is 8.42. The quantitative estimate of drug-likeness (QED) is 0.458. The number of nitrogens with zero attached hydrogens (tertiary/aromatic N) is 1. The second kappa shape index (κ2) is 3.83. The van der Waals surface area contributed by atoms with Crippen molar-refractivity contribution < 1.29 is 9.31 Å². The summed E-state index contributed by atoms with van der Waals surface area (Å²) in [5, 5.41) is 10.3. The van der Waals surface area contributed by atoms with Crippen LogP contribution in [0.3, 0.4) is 0 Å². The highest BCUT2D eigenvalue weighted by atomic mass is 79.9. The summed E-state index contributed by atoms with van der Waals surface area (Å²) >= 11 is 3.25. The first kappa shape index (κ1) is 10.1. The van der Waals surface area contributed by atoms with Gasteiger partial charge in [0.25, 0.3) is 0 Å². The lowest BCUT2D eigenvalue weighted by atomic mass is 10.1. The van der Waals surface area contributed by atoms with E-state index in [1.165, 1.54) is 12.1 Å². The van der Waals surface area contributed by atoms with E-state index in [9.17, 15) is 14.5 Å². The first-order valence-corrected chi connectivity index (χ1v) is 4.52. The second-order valence-electron chi connectivity index (χ2n) is 2.58. The Morgan fingerprint density at radius 3 is 2.69 bits per heavy atom. The number of halogens is 2. The Kier molecular flexibility index (Phi) is 2.98. The average Bonchev–Trinajstić information content (AvgIpc) is 2.04. The van der Waals surface area contributed by atoms with Crippen LogP contribution in [0.25, 0.3) is 0 Å². The van der Waals surface area contributed by atoms with Crippen LogP contribution < -0.4 is 0 Å². The van der Waals surface area contributed by atoms with E-state index in [0.29, 0.717) is 5.56 Å². The number of hydrogen-bond acceptors (Lipinski definition) is 2. The van der Waals surface area contributed by atoms with E-state index >= 15 is 0 Å². The molecule has 0 N–H and O–H groups in total. The molecule has 0 bridgehead atoms. The zero-order chi connectivity index (χ0) is 10.0. The molecule has 0 aliphatic rings. The third kappa shape index (κ3) is 2.24. The van der Waals surface area contributed by atoms with Gasteiger partial charge in [-0.3, -0.25) is 10.1 Å². The normalized spacial score (nSPS) is 12.5. The summed E-state index contributed by atoms with van der Waals surface area (Å²) in [4.78, 5) is 9.60. The predicted octanol–water partition coefficient (Wildman–Crippen LogP) is 3.19. The lowest BCUT2D eigenvalue weighted by molar-refractivity contribution is -0.387. The molecule has 0 aliphatic heterocycles. The summed E-state index contributed by atoms with van der Waals surface area (Å²) in [6, 6.07) is 3.85. The van der Waals surface area contributed by atoms with Crippen molar-refractivity contribution >= 4 is 21.6 Å². The summed E-state index contributed by atoms with van der Waals surface area (Å²) in [7, 11) is 0. The van der Waals surface area contributed by atoms with Crippen LogP contribution in [0.1, 0.15) is 17.3 Å². The molecule has 0 amide bonds. The van der Waals surface area contributed by atoms with Gasteiger partial charge in [-0.2, -0.15) is 4.39 Å². The van der Waals surface area contributed by atoms with Crippen molar-refractivity contribution in [2.24, 2.45) is 0 Å². The Morgan fingerprint density at radius 2 is 2.23 bits per heavy atom. The lowest BCUT2D eigenvalue weighted by Gasteiger charge is -2.02. The highest BCUT2D eigenvalue weighted by molar-refractivity contribution is 9.09. The predicted molar refractivity (Wildman–Crippen MR) is 50.4 cm³/mol. The largest absolute Gasteiger partial charge is 0.305 e. The Balaban J connectivity index is 3.19. The molecule has 3 nitrogen and oxygen atoms in total. The molecule has 5 heteroatoms. The maximum absolute atomic E-state index is 12.8. The van der Waals surface area contributed by atoms with Gasteiger partial charge in [-0.15, -0.1) is 0 Å². The Morgan fingerprint density at radius 1 is 1.62 bits per heavy atom. The average molecular weight is 248 g/mol. The third-order valence-electron chi connectivity index (χ3n) is 1.63. The van der Waals surface area contributed by atoms with Crippen molar-refractivity contribution in [3.05, 3.63) is 39.7 Å². The molecule has 0 saturated heterocycles. The molecule has 1 aromatic rings. The molecular weight excluding hydrogens is 241 g/mol. The molecule has 1 atom stereocenters. The van der Waals surface area contributed by atoms with Gasteiger partial charge >= 0.3 is 5.69 Å². The fourth-order valence-electron chi connectivity index (χ4n) is 0.917. The molecule has 1 aromatic carbocycles. The van der Waals surface area contributed by atoms with E-state index < -0.39 is 16.4 Å². The smallest absolute Gasteiger partial charge is 0.258 e. The van der Waals surface area contributed by atoms with Gasteiger partial charge in [0.15, 0.2) is 0 Å². The summed E-state index contributed by atoms with van der Waals surface area (Å²) < 4.78 is 12.8. The highest BCUT2D eigenvalue weighted by Crippen LogP contribution is 2.26. The van der Waals surface area contributed by atoms with Crippen LogP contribution >= 0.6 is 15.9 Å². The molecule has 0 radical (unpaired) electrons. The molecule has 13 heavy (non-hydrogen) atoms. The molecule has 0 spiro atoms. The third-order valence-corrected chi connectivity index (χ3v) is 2.15. The molecule has 0 heterocycles. The minimum absolute atomic E-state index is 0.0215. The fourth-order valence-corrected chi connectivity index (χ4v) is 1.20. The monoisotopic (exact) mass is 247 g/mol. The van der Waals surface area contributed by atoms with Crippen LogP contribution in [0.2, 0.25) is 0 Å². The van der Waals surface area contributed by atoms with Crippen LogP contribution in [0.4, 0.5) is 10.1 Å². The minimum Gasteiger partial charge on any atom is -0.258 e. The molecular formula is C8H7BrFNO2. The van der Waals surface area contributed by atoms with Crippen molar-refractivity contribution in [3.63, 3.8) is 0 Å². The molecule has 0 saturated carbocycles. The number of nitro groups is 1. The maximum atomic E-state index is 12.8. The Labute approximate surface area is 82.8 Å². The first-order valence-electron chi connectivity index (χ1n) is 3.60. The van der Waals surface area contributed by atoms with Crippen molar-refractivity contribution in [2.75, 3.05) is 0 Å². The molecule has 70 valence electrons. The number of benzene rings is 1. The molecule has 0 fully saturated rings.